The van der Waals surface area contributed by atoms with Crippen molar-refractivity contribution in [2.75, 3.05) is 11.6 Å². The largest absolute Gasteiger partial charge is 0.493 e. The second-order valence-corrected chi connectivity index (χ2v) is 6.23. The fourth-order valence-corrected chi connectivity index (χ4v) is 2.88. The number of rotatable bonds is 4. The average molecular weight is 385 g/mol. The van der Waals surface area contributed by atoms with Crippen LogP contribution in [0.25, 0.3) is 6.08 Å². The van der Waals surface area contributed by atoms with E-state index in [1.54, 1.807) is 0 Å². The topological polar surface area (TPSA) is 41.9 Å². The Morgan fingerprint density at radius 3 is 2.67 bits per heavy atom. The Morgan fingerprint density at radius 2 is 1.96 bits per heavy atom. The van der Waals surface area contributed by atoms with Gasteiger partial charge in [0, 0.05) is 10.0 Å². The summed E-state index contributed by atoms with van der Waals surface area (Å²) in [6, 6.07) is 15.1. The Labute approximate surface area is 149 Å². The molecule has 3 rings (SSSR count). The van der Waals surface area contributed by atoms with Crippen LogP contribution in [0.5, 0.6) is 5.75 Å². The number of hydrazone groups is 1. The minimum atomic E-state index is -0.138. The van der Waals surface area contributed by atoms with Crippen molar-refractivity contribution in [2.24, 2.45) is 5.10 Å². The van der Waals surface area contributed by atoms with Crippen molar-refractivity contribution in [3.63, 3.8) is 0 Å². The number of nitrogens with zero attached hydrogens (tertiary/aromatic N) is 2. The van der Waals surface area contributed by atoms with Gasteiger partial charge in [0.1, 0.15) is 5.75 Å². The van der Waals surface area contributed by atoms with E-state index in [0.29, 0.717) is 17.9 Å². The van der Waals surface area contributed by atoms with Crippen LogP contribution in [0.2, 0.25) is 0 Å². The third kappa shape index (κ3) is 3.26. The van der Waals surface area contributed by atoms with Crippen molar-refractivity contribution < 1.29 is 9.53 Å². The molecule has 1 heterocycles. The molecule has 0 saturated heterocycles. The van der Waals surface area contributed by atoms with Gasteiger partial charge in [-0.2, -0.15) is 10.1 Å². The van der Waals surface area contributed by atoms with E-state index in [-0.39, 0.29) is 5.91 Å². The van der Waals surface area contributed by atoms with E-state index in [2.05, 4.69) is 21.0 Å². The standard InChI is InChI=1S/C19H17BrN2O2/c1-3-24-18-10-9-15(20)11-14(18)12-17-13(2)21-22(19(17)23)16-7-5-4-6-8-16/h4-12H,3H2,1-2H3/b17-12+. The van der Waals surface area contributed by atoms with Gasteiger partial charge in [-0.1, -0.05) is 34.1 Å². The fourth-order valence-electron chi connectivity index (χ4n) is 2.50. The lowest BCUT2D eigenvalue weighted by Crippen LogP contribution is -2.21. The summed E-state index contributed by atoms with van der Waals surface area (Å²) < 4.78 is 6.58. The molecule has 4 nitrogen and oxygen atoms in total. The third-order valence-corrected chi connectivity index (χ3v) is 4.13. The molecule has 24 heavy (non-hydrogen) atoms. The maximum absolute atomic E-state index is 12.8. The van der Waals surface area contributed by atoms with Gasteiger partial charge in [-0.3, -0.25) is 4.79 Å². The molecule has 0 saturated carbocycles. The van der Waals surface area contributed by atoms with Gasteiger partial charge < -0.3 is 4.74 Å². The molecule has 0 spiro atoms. The summed E-state index contributed by atoms with van der Waals surface area (Å²) in [6.07, 6.45) is 1.83. The number of para-hydroxylation sites is 1. The molecule has 0 N–H and O–H groups in total. The van der Waals surface area contributed by atoms with E-state index in [1.807, 2.05) is 68.5 Å². The molecule has 122 valence electrons. The van der Waals surface area contributed by atoms with E-state index >= 15 is 0 Å². The first kappa shape index (κ1) is 16.5. The van der Waals surface area contributed by atoms with Crippen LogP contribution < -0.4 is 9.75 Å². The summed E-state index contributed by atoms with van der Waals surface area (Å²) in [5.74, 6) is 0.605. The number of hydrogen-bond donors (Lipinski definition) is 0. The monoisotopic (exact) mass is 384 g/mol. The van der Waals surface area contributed by atoms with Gasteiger partial charge in [0.15, 0.2) is 0 Å². The molecule has 0 radical (unpaired) electrons. The zero-order valence-electron chi connectivity index (χ0n) is 13.5. The van der Waals surface area contributed by atoms with Crippen LogP contribution in [0.15, 0.2) is 63.7 Å². The number of carbonyl (C=O) groups is 1. The van der Waals surface area contributed by atoms with Crippen LogP contribution in [0.3, 0.4) is 0 Å². The van der Waals surface area contributed by atoms with Crippen molar-refractivity contribution in [3.8, 4) is 5.75 Å². The molecule has 1 amide bonds. The molecular formula is C19H17BrN2O2. The Hall–Kier alpha value is -2.40. The molecule has 0 aromatic heterocycles. The molecule has 1 aliphatic heterocycles. The van der Waals surface area contributed by atoms with Crippen molar-refractivity contribution in [2.45, 2.75) is 13.8 Å². The number of anilines is 1. The molecule has 0 fully saturated rings. The SMILES string of the molecule is CCOc1ccc(Br)cc1/C=C1/C(=O)N(c2ccccc2)N=C1C. The van der Waals surface area contributed by atoms with Crippen molar-refractivity contribution in [1.82, 2.24) is 0 Å². The van der Waals surface area contributed by atoms with Crippen LogP contribution in [0, 0.1) is 0 Å². The number of benzene rings is 2. The lowest BCUT2D eigenvalue weighted by atomic mass is 10.1. The van der Waals surface area contributed by atoms with Gasteiger partial charge in [-0.15, -0.1) is 0 Å². The summed E-state index contributed by atoms with van der Waals surface area (Å²) in [7, 11) is 0. The molecule has 2 aromatic rings. The number of amides is 1. The maximum Gasteiger partial charge on any atom is 0.280 e. The summed E-state index contributed by atoms with van der Waals surface area (Å²) in [5.41, 5.74) is 2.85. The van der Waals surface area contributed by atoms with E-state index in [0.717, 1.165) is 21.5 Å². The smallest absolute Gasteiger partial charge is 0.280 e. The van der Waals surface area contributed by atoms with E-state index < -0.39 is 0 Å². The lowest BCUT2D eigenvalue weighted by Gasteiger charge is -2.11. The van der Waals surface area contributed by atoms with Gasteiger partial charge >= 0.3 is 0 Å². The van der Waals surface area contributed by atoms with Gasteiger partial charge in [-0.05, 0) is 50.3 Å². The Balaban J connectivity index is 1.99. The van der Waals surface area contributed by atoms with Crippen LogP contribution >= 0.6 is 15.9 Å². The summed E-state index contributed by atoms with van der Waals surface area (Å²) in [6.45, 7) is 4.34. The lowest BCUT2D eigenvalue weighted by molar-refractivity contribution is -0.114. The Bertz CT molecular complexity index is 829. The van der Waals surface area contributed by atoms with E-state index in [1.165, 1.54) is 5.01 Å². The predicted octanol–water partition coefficient (Wildman–Crippen LogP) is 4.65. The van der Waals surface area contributed by atoms with E-state index in [4.69, 9.17) is 4.74 Å². The molecule has 0 unspecified atom stereocenters. The number of halogens is 1. The van der Waals surface area contributed by atoms with Gasteiger partial charge in [0.05, 0.1) is 23.6 Å². The zero-order chi connectivity index (χ0) is 17.1. The van der Waals surface area contributed by atoms with Crippen LogP contribution in [-0.2, 0) is 4.79 Å². The molecule has 5 heteroatoms. The maximum atomic E-state index is 12.8. The Kier molecular flexibility index (Phi) is 4.81. The third-order valence-electron chi connectivity index (χ3n) is 3.63. The average Bonchev–Trinajstić information content (AvgIpc) is 2.86. The predicted molar refractivity (Wildman–Crippen MR) is 100 cm³/mol. The molecule has 2 aromatic carbocycles. The Morgan fingerprint density at radius 1 is 1.21 bits per heavy atom. The van der Waals surface area contributed by atoms with E-state index in [9.17, 15) is 4.79 Å². The summed E-state index contributed by atoms with van der Waals surface area (Å²) >= 11 is 3.47. The highest BCUT2D eigenvalue weighted by Crippen LogP contribution is 2.29. The van der Waals surface area contributed by atoms with Crippen molar-refractivity contribution >= 4 is 39.3 Å². The highest BCUT2D eigenvalue weighted by atomic mass is 79.9. The zero-order valence-corrected chi connectivity index (χ0v) is 15.1. The van der Waals surface area contributed by atoms with Crippen LogP contribution in [0.4, 0.5) is 5.69 Å². The first-order valence-electron chi connectivity index (χ1n) is 7.69. The normalized spacial score (nSPS) is 15.8. The highest BCUT2D eigenvalue weighted by Gasteiger charge is 2.28. The summed E-state index contributed by atoms with van der Waals surface area (Å²) in [4.78, 5) is 12.8. The number of hydrogen-bond acceptors (Lipinski definition) is 3. The van der Waals surface area contributed by atoms with Crippen molar-refractivity contribution in [1.29, 1.82) is 0 Å². The second-order valence-electron chi connectivity index (χ2n) is 5.31. The summed E-state index contributed by atoms with van der Waals surface area (Å²) in [5, 5.41) is 5.83. The molecule has 0 aliphatic carbocycles. The van der Waals surface area contributed by atoms with Crippen molar-refractivity contribution in [3.05, 3.63) is 64.1 Å². The molecule has 0 atom stereocenters. The molecule has 1 aliphatic rings. The fraction of sp³-hybridized carbons (Fsp3) is 0.158. The number of ether oxygens (including phenoxy) is 1. The van der Waals surface area contributed by atoms with Gasteiger partial charge in [0.2, 0.25) is 0 Å². The first-order chi connectivity index (χ1) is 11.6. The minimum absolute atomic E-state index is 0.138. The second kappa shape index (κ2) is 7.01. The highest BCUT2D eigenvalue weighted by molar-refractivity contribution is 9.10. The molecular weight excluding hydrogens is 368 g/mol. The minimum Gasteiger partial charge on any atom is -0.493 e. The van der Waals surface area contributed by atoms with Gasteiger partial charge in [0.25, 0.3) is 5.91 Å². The molecule has 0 bridgehead atoms. The van der Waals surface area contributed by atoms with Crippen LogP contribution in [0.1, 0.15) is 19.4 Å². The van der Waals surface area contributed by atoms with Crippen LogP contribution in [-0.4, -0.2) is 18.2 Å². The van der Waals surface area contributed by atoms with Gasteiger partial charge in [-0.25, -0.2) is 0 Å². The first-order valence-corrected chi connectivity index (χ1v) is 8.48. The number of carbonyl (C=O) groups excluding carboxylic acids is 1. The quantitative estimate of drug-likeness (QED) is 0.719.